The molecule has 4 rings (SSSR count). The molecular weight excluding hydrogens is 432 g/mol. The highest BCUT2D eigenvalue weighted by molar-refractivity contribution is 7.09. The molecule has 4 aromatic rings. The number of carbonyl (C=O) groups excluding carboxylic acids is 2. The lowest BCUT2D eigenvalue weighted by Crippen LogP contribution is -2.37. The maximum absolute atomic E-state index is 13.0. The second kappa shape index (κ2) is 10.0. The van der Waals surface area contributed by atoms with E-state index in [1.54, 1.807) is 35.6 Å². The van der Waals surface area contributed by atoms with Crippen LogP contribution in [-0.4, -0.2) is 21.4 Å². The Morgan fingerprint density at radius 1 is 1.06 bits per heavy atom. The predicted octanol–water partition coefficient (Wildman–Crippen LogP) is 5.01. The third-order valence-corrected chi connectivity index (χ3v) is 6.81. The van der Waals surface area contributed by atoms with Crippen molar-refractivity contribution < 1.29 is 9.59 Å². The number of hydrogen-bond acceptors (Lipinski definition) is 4. The average Bonchev–Trinajstić information content (AvgIpc) is 3.46. The minimum Gasteiger partial charge on any atom is -0.368 e. The fourth-order valence-corrected chi connectivity index (χ4v) is 4.92. The summed E-state index contributed by atoms with van der Waals surface area (Å²) in [5, 5.41) is 4.84. The van der Waals surface area contributed by atoms with Gasteiger partial charge in [-0.2, -0.15) is 0 Å². The Balaban J connectivity index is 1.68. The van der Waals surface area contributed by atoms with Crippen LogP contribution in [0, 0.1) is 0 Å². The number of hydrogen-bond donors (Lipinski definition) is 2. The number of nitrogens with zero attached hydrogens (tertiary/aromatic N) is 2. The molecule has 2 heterocycles. The highest BCUT2D eigenvalue weighted by Gasteiger charge is 2.22. The Kier molecular flexibility index (Phi) is 6.89. The molecule has 6 nitrogen and oxygen atoms in total. The van der Waals surface area contributed by atoms with Crippen molar-refractivity contribution in [1.82, 2.24) is 14.9 Å². The minimum atomic E-state index is -0.897. The van der Waals surface area contributed by atoms with Crippen molar-refractivity contribution in [3.05, 3.63) is 87.9 Å². The Morgan fingerprint density at radius 3 is 2.45 bits per heavy atom. The van der Waals surface area contributed by atoms with E-state index in [0.29, 0.717) is 17.2 Å². The van der Waals surface area contributed by atoms with Gasteiger partial charge in [0, 0.05) is 22.9 Å². The summed E-state index contributed by atoms with van der Waals surface area (Å²) in [6.45, 7) is 4.37. The predicted molar refractivity (Wildman–Crippen MR) is 132 cm³/mol. The van der Waals surface area contributed by atoms with Gasteiger partial charge in [-0.25, -0.2) is 4.98 Å². The van der Waals surface area contributed by atoms with Crippen LogP contribution in [0.15, 0.2) is 66.0 Å². The van der Waals surface area contributed by atoms with Gasteiger partial charge in [0.1, 0.15) is 11.9 Å². The molecule has 2 aromatic heterocycles. The number of nitrogens with two attached hydrogens (primary N) is 1. The summed E-state index contributed by atoms with van der Waals surface area (Å²) in [5.41, 5.74) is 8.45. The second-order valence-corrected chi connectivity index (χ2v) is 9.08. The average molecular weight is 461 g/mol. The molecule has 0 bridgehead atoms. The van der Waals surface area contributed by atoms with Crippen molar-refractivity contribution >= 4 is 34.2 Å². The topological polar surface area (TPSA) is 90.0 Å². The molecule has 7 heteroatoms. The summed E-state index contributed by atoms with van der Waals surface area (Å²) in [4.78, 5) is 31.2. The molecule has 0 aliphatic rings. The van der Waals surface area contributed by atoms with E-state index in [4.69, 9.17) is 10.7 Å². The molecule has 170 valence electrons. The first-order valence-electron chi connectivity index (χ1n) is 11.2. The Hall–Kier alpha value is -3.45. The SMILES string of the molecule is CCC(CC)n1c(Cc2cccs2)nc2cc(C(=O)NC(C(N)=O)c3ccccc3)ccc21. The maximum atomic E-state index is 13.0. The number of primary amides is 1. The van der Waals surface area contributed by atoms with Crippen LogP contribution < -0.4 is 11.1 Å². The van der Waals surface area contributed by atoms with Gasteiger partial charge in [0.25, 0.3) is 5.91 Å². The zero-order valence-electron chi connectivity index (χ0n) is 18.8. The molecule has 1 unspecified atom stereocenters. The Bertz CT molecular complexity index is 1240. The van der Waals surface area contributed by atoms with E-state index >= 15 is 0 Å². The van der Waals surface area contributed by atoms with Crippen LogP contribution in [0.25, 0.3) is 11.0 Å². The molecule has 0 aliphatic heterocycles. The normalized spacial score (nSPS) is 12.2. The Morgan fingerprint density at radius 2 is 1.82 bits per heavy atom. The van der Waals surface area contributed by atoms with Gasteiger partial charge in [-0.1, -0.05) is 50.2 Å². The van der Waals surface area contributed by atoms with Crippen LogP contribution in [0.4, 0.5) is 0 Å². The summed E-state index contributed by atoms with van der Waals surface area (Å²) in [5.74, 6) is 0.0336. The number of benzene rings is 2. The number of imidazole rings is 1. The summed E-state index contributed by atoms with van der Waals surface area (Å²) >= 11 is 1.72. The number of thiophene rings is 1. The van der Waals surface area contributed by atoms with Gasteiger partial charge in [0.2, 0.25) is 5.91 Å². The third kappa shape index (κ3) is 4.83. The largest absolute Gasteiger partial charge is 0.368 e. The standard InChI is InChI=1S/C26H28N4O2S/c1-3-19(4-2)30-22-13-12-18(15-21(22)28-23(30)16-20-11-8-14-33-20)26(32)29-24(25(27)31)17-9-6-5-7-10-17/h5-15,19,24H,3-4,16H2,1-2H3,(H2,27,31)(H,29,32). The van der Waals surface area contributed by atoms with Crippen molar-refractivity contribution in [2.75, 3.05) is 0 Å². The fraction of sp³-hybridized carbons (Fsp3) is 0.269. The molecule has 0 spiro atoms. The number of aromatic nitrogens is 2. The molecule has 33 heavy (non-hydrogen) atoms. The van der Waals surface area contributed by atoms with Gasteiger partial charge in [-0.05, 0) is 48.1 Å². The van der Waals surface area contributed by atoms with Crippen LogP contribution in [0.3, 0.4) is 0 Å². The lowest BCUT2D eigenvalue weighted by molar-refractivity contribution is -0.120. The van der Waals surface area contributed by atoms with Crippen molar-refractivity contribution in [2.24, 2.45) is 5.73 Å². The van der Waals surface area contributed by atoms with E-state index in [0.717, 1.165) is 36.1 Å². The van der Waals surface area contributed by atoms with E-state index in [1.165, 1.54) is 4.88 Å². The third-order valence-electron chi connectivity index (χ3n) is 5.94. The monoisotopic (exact) mass is 460 g/mol. The number of amides is 2. The molecule has 0 saturated carbocycles. The molecule has 3 N–H and O–H groups in total. The fourth-order valence-electron chi connectivity index (χ4n) is 4.22. The molecule has 0 radical (unpaired) electrons. The second-order valence-electron chi connectivity index (χ2n) is 8.05. The number of rotatable bonds is 9. The smallest absolute Gasteiger partial charge is 0.252 e. The van der Waals surface area contributed by atoms with E-state index in [2.05, 4.69) is 41.2 Å². The maximum Gasteiger partial charge on any atom is 0.252 e. The van der Waals surface area contributed by atoms with Gasteiger partial charge in [0.15, 0.2) is 0 Å². The molecule has 0 aliphatic carbocycles. The van der Waals surface area contributed by atoms with E-state index in [9.17, 15) is 9.59 Å². The highest BCUT2D eigenvalue weighted by atomic mass is 32.1. The number of carbonyl (C=O) groups is 2. The Labute approximate surface area is 197 Å². The van der Waals surface area contributed by atoms with Gasteiger partial charge in [-0.3, -0.25) is 9.59 Å². The summed E-state index contributed by atoms with van der Waals surface area (Å²) in [7, 11) is 0. The van der Waals surface area contributed by atoms with E-state index in [1.807, 2.05) is 24.3 Å². The van der Waals surface area contributed by atoms with Crippen LogP contribution in [-0.2, 0) is 11.2 Å². The van der Waals surface area contributed by atoms with Crippen molar-refractivity contribution in [1.29, 1.82) is 0 Å². The lowest BCUT2D eigenvalue weighted by atomic mass is 10.1. The highest BCUT2D eigenvalue weighted by Crippen LogP contribution is 2.28. The number of fused-ring (bicyclic) bond motifs is 1. The first-order chi connectivity index (χ1) is 16.0. The quantitative estimate of drug-likeness (QED) is 0.368. The first-order valence-corrected chi connectivity index (χ1v) is 12.1. The zero-order valence-corrected chi connectivity index (χ0v) is 19.6. The van der Waals surface area contributed by atoms with Crippen LogP contribution in [0.1, 0.15) is 65.4 Å². The minimum absolute atomic E-state index is 0.335. The molecule has 2 amide bonds. The van der Waals surface area contributed by atoms with Gasteiger partial charge >= 0.3 is 0 Å². The summed E-state index contributed by atoms with van der Waals surface area (Å²) < 4.78 is 2.31. The summed E-state index contributed by atoms with van der Waals surface area (Å²) in [6.07, 6.45) is 2.75. The van der Waals surface area contributed by atoms with Crippen LogP contribution in [0.2, 0.25) is 0 Å². The molecule has 1 atom stereocenters. The van der Waals surface area contributed by atoms with Crippen LogP contribution in [0.5, 0.6) is 0 Å². The first kappa shape index (κ1) is 22.7. The zero-order chi connectivity index (χ0) is 23.4. The van der Waals surface area contributed by atoms with Gasteiger partial charge in [-0.15, -0.1) is 11.3 Å². The molecule has 0 saturated heterocycles. The van der Waals surface area contributed by atoms with E-state index in [-0.39, 0.29) is 5.91 Å². The lowest BCUT2D eigenvalue weighted by Gasteiger charge is -2.19. The van der Waals surface area contributed by atoms with Crippen molar-refractivity contribution in [2.45, 2.75) is 45.2 Å². The number of nitrogens with one attached hydrogen (secondary N) is 1. The van der Waals surface area contributed by atoms with Gasteiger partial charge in [0.05, 0.1) is 11.0 Å². The molecule has 0 fully saturated rings. The van der Waals surface area contributed by atoms with Crippen molar-refractivity contribution in [3.63, 3.8) is 0 Å². The molecule has 2 aromatic carbocycles. The van der Waals surface area contributed by atoms with E-state index < -0.39 is 11.9 Å². The van der Waals surface area contributed by atoms with Crippen molar-refractivity contribution in [3.8, 4) is 0 Å². The van der Waals surface area contributed by atoms with Crippen LogP contribution >= 0.6 is 11.3 Å². The van der Waals surface area contributed by atoms with Gasteiger partial charge < -0.3 is 15.6 Å². The molecular formula is C26H28N4O2S. The summed E-state index contributed by atoms with van der Waals surface area (Å²) in [6, 6.07) is 18.2.